The van der Waals surface area contributed by atoms with Gasteiger partial charge in [-0.05, 0) is 35.4 Å². The van der Waals surface area contributed by atoms with Crippen molar-refractivity contribution in [2.24, 2.45) is 0 Å². The minimum Gasteiger partial charge on any atom is -0.325 e. The molecule has 0 radical (unpaired) electrons. The van der Waals surface area contributed by atoms with E-state index < -0.39 is 0 Å². The predicted molar refractivity (Wildman–Crippen MR) is 120 cm³/mol. The molecule has 0 aliphatic rings. The molecular formula is C20H16N4O2S3. The Balaban J connectivity index is 1.33. The predicted octanol–water partition coefficient (Wildman–Crippen LogP) is 5.04. The highest BCUT2D eigenvalue weighted by Crippen LogP contribution is 2.27. The molecule has 0 atom stereocenters. The monoisotopic (exact) mass is 440 g/mol. The quantitative estimate of drug-likeness (QED) is 0.324. The number of nitrogens with zero attached hydrogens (tertiary/aromatic N) is 2. The molecule has 4 aromatic rings. The highest BCUT2D eigenvalue weighted by atomic mass is 32.2. The van der Waals surface area contributed by atoms with E-state index in [0.717, 1.165) is 22.0 Å². The van der Waals surface area contributed by atoms with Gasteiger partial charge in [0.2, 0.25) is 11.0 Å². The standard InChI is InChI=1S/C20H16N4O2S3/c1-12-9-16(27-10-12)18(26)22-19-23-24-20(29-19)28-11-17(25)21-15-8-4-6-13-5-2-3-7-14(13)15/h2-10H,11H2,1H3,(H,21,25)(H,22,23,26). The first-order valence-corrected chi connectivity index (χ1v) is 11.4. The topological polar surface area (TPSA) is 84.0 Å². The van der Waals surface area contributed by atoms with E-state index in [1.165, 1.54) is 34.4 Å². The van der Waals surface area contributed by atoms with Crippen LogP contribution in [0.1, 0.15) is 15.2 Å². The van der Waals surface area contributed by atoms with Crippen LogP contribution in [0.15, 0.2) is 58.3 Å². The number of amides is 2. The Kier molecular flexibility index (Phi) is 5.89. The van der Waals surface area contributed by atoms with Crippen molar-refractivity contribution < 1.29 is 9.59 Å². The number of nitrogens with one attached hydrogen (secondary N) is 2. The third kappa shape index (κ3) is 4.81. The summed E-state index contributed by atoms with van der Waals surface area (Å²) in [6, 6.07) is 15.5. The second-order valence-electron chi connectivity index (χ2n) is 6.18. The number of thioether (sulfide) groups is 1. The van der Waals surface area contributed by atoms with Crippen LogP contribution in [-0.4, -0.2) is 27.8 Å². The van der Waals surface area contributed by atoms with Gasteiger partial charge in [-0.25, -0.2) is 0 Å². The zero-order valence-electron chi connectivity index (χ0n) is 15.3. The molecule has 6 nitrogen and oxygen atoms in total. The summed E-state index contributed by atoms with van der Waals surface area (Å²) in [4.78, 5) is 25.2. The molecule has 0 fully saturated rings. The molecule has 2 amide bonds. The third-order valence-electron chi connectivity index (χ3n) is 3.97. The molecule has 0 unspecified atom stereocenters. The van der Waals surface area contributed by atoms with E-state index in [-0.39, 0.29) is 17.6 Å². The molecule has 0 saturated heterocycles. The minimum atomic E-state index is -0.204. The Morgan fingerprint density at radius 3 is 2.72 bits per heavy atom. The number of rotatable bonds is 6. The third-order valence-corrected chi connectivity index (χ3v) is 6.99. The number of thiophene rings is 1. The van der Waals surface area contributed by atoms with Gasteiger partial charge in [0.05, 0.1) is 10.6 Å². The lowest BCUT2D eigenvalue weighted by atomic mass is 10.1. The summed E-state index contributed by atoms with van der Waals surface area (Å²) in [6.45, 7) is 1.94. The summed E-state index contributed by atoms with van der Waals surface area (Å²) in [6.07, 6.45) is 0. The van der Waals surface area contributed by atoms with Crippen LogP contribution in [0, 0.1) is 6.92 Å². The molecule has 4 rings (SSSR count). The Labute approximate surface area is 179 Å². The van der Waals surface area contributed by atoms with Gasteiger partial charge >= 0.3 is 0 Å². The van der Waals surface area contributed by atoms with Gasteiger partial charge < -0.3 is 5.32 Å². The van der Waals surface area contributed by atoms with E-state index in [9.17, 15) is 9.59 Å². The molecule has 146 valence electrons. The molecule has 2 N–H and O–H groups in total. The SMILES string of the molecule is Cc1csc(C(=O)Nc2nnc(SCC(=O)Nc3cccc4ccccc34)s2)c1. The van der Waals surface area contributed by atoms with Gasteiger partial charge in [-0.3, -0.25) is 14.9 Å². The Bertz CT molecular complexity index is 1180. The first-order chi connectivity index (χ1) is 14.1. The van der Waals surface area contributed by atoms with Crippen molar-refractivity contribution in [2.45, 2.75) is 11.3 Å². The average Bonchev–Trinajstić information content (AvgIpc) is 3.35. The Hall–Kier alpha value is -2.75. The van der Waals surface area contributed by atoms with Crippen LogP contribution in [0.5, 0.6) is 0 Å². The van der Waals surface area contributed by atoms with Crippen molar-refractivity contribution in [3.05, 3.63) is 64.4 Å². The average molecular weight is 441 g/mol. The lowest BCUT2D eigenvalue weighted by molar-refractivity contribution is -0.113. The number of carbonyl (C=O) groups is 2. The molecule has 2 aromatic heterocycles. The van der Waals surface area contributed by atoms with Crippen molar-refractivity contribution in [1.82, 2.24) is 10.2 Å². The van der Waals surface area contributed by atoms with Crippen LogP contribution in [0.3, 0.4) is 0 Å². The summed E-state index contributed by atoms with van der Waals surface area (Å²) in [5.41, 5.74) is 1.83. The van der Waals surface area contributed by atoms with Gasteiger partial charge in [0, 0.05) is 11.1 Å². The van der Waals surface area contributed by atoms with E-state index in [4.69, 9.17) is 0 Å². The molecule has 0 aliphatic heterocycles. The lowest BCUT2D eigenvalue weighted by Gasteiger charge is -2.08. The minimum absolute atomic E-state index is 0.124. The van der Waals surface area contributed by atoms with E-state index in [0.29, 0.717) is 14.3 Å². The maximum Gasteiger partial charge on any atom is 0.267 e. The summed E-state index contributed by atoms with van der Waals surface area (Å²) < 4.78 is 0.621. The highest BCUT2D eigenvalue weighted by Gasteiger charge is 2.13. The van der Waals surface area contributed by atoms with Crippen LogP contribution in [0.4, 0.5) is 10.8 Å². The zero-order valence-corrected chi connectivity index (χ0v) is 17.8. The number of aryl methyl sites for hydroxylation is 1. The smallest absolute Gasteiger partial charge is 0.267 e. The van der Waals surface area contributed by atoms with Gasteiger partial charge in [-0.15, -0.1) is 21.5 Å². The molecule has 29 heavy (non-hydrogen) atoms. The van der Waals surface area contributed by atoms with Crippen LogP contribution in [0.25, 0.3) is 10.8 Å². The number of benzene rings is 2. The fourth-order valence-corrected chi connectivity index (χ4v) is 5.02. The molecule has 2 heterocycles. The fraction of sp³-hybridized carbons (Fsp3) is 0.100. The van der Waals surface area contributed by atoms with Crippen LogP contribution in [0.2, 0.25) is 0 Å². The first kappa shape index (κ1) is 19.6. The number of hydrogen-bond acceptors (Lipinski definition) is 7. The van der Waals surface area contributed by atoms with Crippen molar-refractivity contribution in [3.8, 4) is 0 Å². The van der Waals surface area contributed by atoms with Gasteiger partial charge in [-0.2, -0.15) is 0 Å². The number of anilines is 2. The van der Waals surface area contributed by atoms with Gasteiger partial charge in [-0.1, -0.05) is 59.5 Å². The van der Waals surface area contributed by atoms with Crippen molar-refractivity contribution in [3.63, 3.8) is 0 Å². The van der Waals surface area contributed by atoms with Crippen LogP contribution in [-0.2, 0) is 4.79 Å². The van der Waals surface area contributed by atoms with E-state index in [1.54, 1.807) is 0 Å². The van der Waals surface area contributed by atoms with Crippen molar-refractivity contribution in [1.29, 1.82) is 0 Å². The molecule has 0 bridgehead atoms. The van der Waals surface area contributed by atoms with Gasteiger partial charge in [0.1, 0.15) is 0 Å². The van der Waals surface area contributed by atoms with Crippen molar-refractivity contribution >= 4 is 67.8 Å². The second kappa shape index (κ2) is 8.73. The number of aromatic nitrogens is 2. The van der Waals surface area contributed by atoms with E-state index >= 15 is 0 Å². The summed E-state index contributed by atoms with van der Waals surface area (Å²) in [7, 11) is 0. The largest absolute Gasteiger partial charge is 0.325 e. The highest BCUT2D eigenvalue weighted by molar-refractivity contribution is 8.01. The van der Waals surface area contributed by atoms with E-state index in [1.807, 2.05) is 60.8 Å². The first-order valence-electron chi connectivity index (χ1n) is 8.69. The van der Waals surface area contributed by atoms with E-state index in [2.05, 4.69) is 20.8 Å². The number of fused-ring (bicyclic) bond motifs is 1. The molecule has 0 saturated carbocycles. The Morgan fingerprint density at radius 1 is 1.07 bits per heavy atom. The summed E-state index contributed by atoms with van der Waals surface area (Å²) in [5, 5.41) is 18.1. The van der Waals surface area contributed by atoms with Crippen LogP contribution < -0.4 is 10.6 Å². The molecule has 0 aliphatic carbocycles. The lowest BCUT2D eigenvalue weighted by Crippen LogP contribution is -2.14. The fourth-order valence-electron chi connectivity index (χ4n) is 2.68. The van der Waals surface area contributed by atoms with Gasteiger partial charge in [0.25, 0.3) is 5.91 Å². The Morgan fingerprint density at radius 2 is 1.90 bits per heavy atom. The molecular weight excluding hydrogens is 424 g/mol. The second-order valence-corrected chi connectivity index (χ2v) is 9.29. The zero-order chi connectivity index (χ0) is 20.2. The molecule has 0 spiro atoms. The van der Waals surface area contributed by atoms with Gasteiger partial charge in [0.15, 0.2) is 4.34 Å². The number of hydrogen-bond donors (Lipinski definition) is 2. The summed E-state index contributed by atoms with van der Waals surface area (Å²) >= 11 is 3.92. The maximum absolute atomic E-state index is 12.4. The van der Waals surface area contributed by atoms with Crippen LogP contribution >= 0.6 is 34.4 Å². The molecule has 9 heteroatoms. The maximum atomic E-state index is 12.4. The number of carbonyl (C=O) groups excluding carboxylic acids is 2. The summed E-state index contributed by atoms with van der Waals surface area (Å²) in [5.74, 6) is -0.124. The van der Waals surface area contributed by atoms with Crippen molar-refractivity contribution in [2.75, 3.05) is 16.4 Å². The normalized spacial score (nSPS) is 10.8. The molecule has 2 aromatic carbocycles.